The van der Waals surface area contributed by atoms with E-state index >= 15 is 0 Å². The average Bonchev–Trinajstić information content (AvgIpc) is 2.67. The minimum Gasteiger partial charge on any atom is -0.491 e. The third-order valence-electron chi connectivity index (χ3n) is 4.20. The summed E-state index contributed by atoms with van der Waals surface area (Å²) in [4.78, 5) is 0. The van der Waals surface area contributed by atoms with Gasteiger partial charge in [-0.05, 0) is 33.8 Å². The molecular formula is C16H24BFO5. The van der Waals surface area contributed by atoms with Crippen molar-refractivity contribution in [2.75, 3.05) is 26.4 Å². The van der Waals surface area contributed by atoms with Crippen LogP contribution < -0.4 is 10.2 Å². The quantitative estimate of drug-likeness (QED) is 0.608. The molecule has 0 aromatic heterocycles. The van der Waals surface area contributed by atoms with Crippen LogP contribution in [-0.2, 0) is 14.0 Å². The summed E-state index contributed by atoms with van der Waals surface area (Å²) in [6, 6.07) is 4.28. The van der Waals surface area contributed by atoms with Crippen molar-refractivity contribution in [3.05, 3.63) is 24.0 Å². The molecule has 0 aliphatic carbocycles. The Morgan fingerprint density at radius 1 is 1.09 bits per heavy atom. The number of benzene rings is 1. The Hall–Kier alpha value is -1.15. The highest BCUT2D eigenvalue weighted by molar-refractivity contribution is 6.63. The molecule has 1 saturated heterocycles. The highest BCUT2D eigenvalue weighted by Gasteiger charge is 2.52. The normalized spacial score (nSPS) is 19.1. The molecule has 2 rings (SSSR count). The maximum absolute atomic E-state index is 13.5. The molecule has 1 aliphatic rings. The Labute approximate surface area is 136 Å². The molecule has 1 aromatic carbocycles. The van der Waals surface area contributed by atoms with Crippen molar-refractivity contribution in [3.63, 3.8) is 0 Å². The lowest BCUT2D eigenvalue weighted by Crippen LogP contribution is -2.41. The van der Waals surface area contributed by atoms with Crippen molar-refractivity contribution in [2.45, 2.75) is 38.9 Å². The van der Waals surface area contributed by atoms with E-state index in [0.29, 0.717) is 17.8 Å². The van der Waals surface area contributed by atoms with Crippen LogP contribution in [0.1, 0.15) is 27.7 Å². The van der Waals surface area contributed by atoms with Gasteiger partial charge in [-0.2, -0.15) is 0 Å². The maximum Gasteiger partial charge on any atom is 0.498 e. The van der Waals surface area contributed by atoms with Gasteiger partial charge in [-0.25, -0.2) is 4.39 Å². The molecule has 0 bridgehead atoms. The number of ether oxygens (including phenoxy) is 2. The van der Waals surface area contributed by atoms with Crippen LogP contribution in [0.3, 0.4) is 0 Å². The summed E-state index contributed by atoms with van der Waals surface area (Å²) in [7, 11) is -0.617. The summed E-state index contributed by atoms with van der Waals surface area (Å²) in [5, 5.41) is 8.66. The Bertz CT molecular complexity index is 519. The lowest BCUT2D eigenvalue weighted by molar-refractivity contribution is 0.00578. The van der Waals surface area contributed by atoms with Gasteiger partial charge in [-0.15, -0.1) is 0 Å². The van der Waals surface area contributed by atoms with E-state index in [1.54, 1.807) is 6.07 Å². The molecule has 1 heterocycles. The van der Waals surface area contributed by atoms with Crippen LogP contribution in [-0.4, -0.2) is 49.9 Å². The Kier molecular flexibility index (Phi) is 5.68. The van der Waals surface area contributed by atoms with E-state index in [1.165, 1.54) is 12.1 Å². The third-order valence-corrected chi connectivity index (χ3v) is 4.20. The molecule has 0 radical (unpaired) electrons. The number of aliphatic hydroxyl groups excluding tert-OH is 1. The summed E-state index contributed by atoms with van der Waals surface area (Å²) >= 11 is 0. The minimum absolute atomic E-state index is 0.0425. The highest BCUT2D eigenvalue weighted by atomic mass is 19.1. The van der Waals surface area contributed by atoms with Crippen LogP contribution in [0.2, 0.25) is 0 Å². The fourth-order valence-corrected chi connectivity index (χ4v) is 2.18. The molecule has 0 saturated carbocycles. The highest BCUT2D eigenvalue weighted by Crippen LogP contribution is 2.37. The second-order valence-corrected chi connectivity index (χ2v) is 6.45. The van der Waals surface area contributed by atoms with Crippen LogP contribution in [0, 0.1) is 5.82 Å². The van der Waals surface area contributed by atoms with E-state index in [-0.39, 0.29) is 19.8 Å². The van der Waals surface area contributed by atoms with Crippen LogP contribution in [0.15, 0.2) is 18.2 Å². The van der Waals surface area contributed by atoms with E-state index in [9.17, 15) is 4.39 Å². The maximum atomic E-state index is 13.5. The minimum atomic E-state index is -0.617. The monoisotopic (exact) mass is 326 g/mol. The fraction of sp³-hybridized carbons (Fsp3) is 0.625. The van der Waals surface area contributed by atoms with Crippen molar-refractivity contribution < 1.29 is 28.3 Å². The standard InChI is InChI=1S/C16H24BFO5/c1-15(2)16(3,4)23-17(22-15)13-6-5-12(18)11-14(13)21-10-9-20-8-7-19/h5-6,11,19H,7-10H2,1-4H3. The van der Waals surface area contributed by atoms with Gasteiger partial charge >= 0.3 is 7.12 Å². The molecule has 1 aromatic rings. The Balaban J connectivity index is 2.10. The first-order valence-corrected chi connectivity index (χ1v) is 7.73. The summed E-state index contributed by atoms with van der Waals surface area (Å²) in [5.74, 6) is -0.0207. The predicted molar refractivity (Wildman–Crippen MR) is 85.5 cm³/mol. The van der Waals surface area contributed by atoms with Gasteiger partial charge in [-0.3, -0.25) is 0 Å². The Morgan fingerprint density at radius 2 is 1.74 bits per heavy atom. The van der Waals surface area contributed by atoms with Crippen LogP contribution >= 0.6 is 0 Å². The van der Waals surface area contributed by atoms with Crippen molar-refractivity contribution >= 4 is 12.6 Å². The predicted octanol–water partition coefficient (Wildman–Crippen LogP) is 1.51. The number of hydrogen-bond acceptors (Lipinski definition) is 5. The van der Waals surface area contributed by atoms with Crippen LogP contribution in [0.25, 0.3) is 0 Å². The lowest BCUT2D eigenvalue weighted by atomic mass is 9.78. The Morgan fingerprint density at radius 3 is 2.35 bits per heavy atom. The van der Waals surface area contributed by atoms with Crippen molar-refractivity contribution in [3.8, 4) is 5.75 Å². The first kappa shape index (κ1) is 18.2. The molecule has 128 valence electrons. The van der Waals surface area contributed by atoms with Gasteiger partial charge < -0.3 is 23.9 Å². The molecule has 23 heavy (non-hydrogen) atoms. The van der Waals surface area contributed by atoms with Crippen molar-refractivity contribution in [2.24, 2.45) is 0 Å². The molecule has 1 N–H and O–H groups in total. The van der Waals surface area contributed by atoms with Crippen LogP contribution in [0.5, 0.6) is 5.75 Å². The van der Waals surface area contributed by atoms with Crippen LogP contribution in [0.4, 0.5) is 4.39 Å². The molecule has 0 amide bonds. The number of halogens is 1. The summed E-state index contributed by atoms with van der Waals surface area (Å²) in [6.45, 7) is 8.59. The van der Waals surface area contributed by atoms with Crippen molar-refractivity contribution in [1.82, 2.24) is 0 Å². The van der Waals surface area contributed by atoms with Gasteiger partial charge in [0.2, 0.25) is 0 Å². The van der Waals surface area contributed by atoms with Gasteiger partial charge in [0, 0.05) is 11.5 Å². The first-order valence-electron chi connectivity index (χ1n) is 7.73. The largest absolute Gasteiger partial charge is 0.498 e. The third kappa shape index (κ3) is 4.23. The SMILES string of the molecule is CC1(C)OB(c2ccc(F)cc2OCCOCCO)OC1(C)C. The van der Waals surface area contributed by atoms with E-state index in [0.717, 1.165) is 0 Å². The van der Waals surface area contributed by atoms with E-state index < -0.39 is 24.1 Å². The van der Waals surface area contributed by atoms with Gasteiger partial charge in [0.05, 0.1) is 31.0 Å². The molecule has 1 fully saturated rings. The van der Waals surface area contributed by atoms with E-state index in [4.69, 9.17) is 23.9 Å². The van der Waals surface area contributed by atoms with E-state index in [1.807, 2.05) is 27.7 Å². The van der Waals surface area contributed by atoms with Gasteiger partial charge in [0.1, 0.15) is 18.2 Å². The van der Waals surface area contributed by atoms with Gasteiger partial charge in [0.15, 0.2) is 0 Å². The average molecular weight is 326 g/mol. The second-order valence-electron chi connectivity index (χ2n) is 6.45. The zero-order chi connectivity index (χ0) is 17.1. The smallest absolute Gasteiger partial charge is 0.491 e. The summed E-state index contributed by atoms with van der Waals surface area (Å²) in [5.41, 5.74) is -0.312. The molecule has 0 unspecified atom stereocenters. The zero-order valence-electron chi connectivity index (χ0n) is 14.1. The number of aliphatic hydroxyl groups is 1. The van der Waals surface area contributed by atoms with Gasteiger partial charge in [0.25, 0.3) is 0 Å². The number of rotatable bonds is 7. The number of hydrogen-bond donors (Lipinski definition) is 1. The summed E-state index contributed by atoms with van der Waals surface area (Å²) < 4.78 is 36.3. The van der Waals surface area contributed by atoms with Crippen molar-refractivity contribution in [1.29, 1.82) is 0 Å². The zero-order valence-corrected chi connectivity index (χ0v) is 14.1. The second kappa shape index (κ2) is 7.17. The summed E-state index contributed by atoms with van der Waals surface area (Å²) in [6.07, 6.45) is 0. The lowest BCUT2D eigenvalue weighted by Gasteiger charge is -2.32. The fourth-order valence-electron chi connectivity index (χ4n) is 2.18. The molecule has 7 heteroatoms. The van der Waals surface area contributed by atoms with E-state index in [2.05, 4.69) is 0 Å². The molecule has 5 nitrogen and oxygen atoms in total. The molecule has 0 spiro atoms. The molecule has 0 atom stereocenters. The van der Waals surface area contributed by atoms with Gasteiger partial charge in [-0.1, -0.05) is 6.07 Å². The first-order chi connectivity index (χ1) is 10.8. The topological polar surface area (TPSA) is 57.2 Å². The molecular weight excluding hydrogens is 302 g/mol. The molecule has 1 aliphatic heterocycles.